The number of aryl methyl sites for hydroxylation is 1. The van der Waals surface area contributed by atoms with Crippen LogP contribution in [0.4, 0.5) is 0 Å². The van der Waals surface area contributed by atoms with Crippen molar-refractivity contribution in [2.24, 2.45) is 4.99 Å². The van der Waals surface area contributed by atoms with E-state index in [0.29, 0.717) is 5.92 Å². The first kappa shape index (κ1) is 17.5. The highest BCUT2D eigenvalue weighted by atomic mass is 32.1. The maximum atomic E-state index is 4.44. The van der Waals surface area contributed by atoms with Crippen molar-refractivity contribution in [2.75, 3.05) is 20.1 Å². The van der Waals surface area contributed by atoms with Crippen molar-refractivity contribution in [1.29, 1.82) is 0 Å². The molecule has 0 fully saturated rings. The Morgan fingerprint density at radius 3 is 2.70 bits per heavy atom. The van der Waals surface area contributed by atoms with Crippen LogP contribution in [0.5, 0.6) is 0 Å². The lowest BCUT2D eigenvalue weighted by molar-refractivity contribution is 0.697. The van der Waals surface area contributed by atoms with Gasteiger partial charge in [-0.3, -0.25) is 4.99 Å². The fraction of sp³-hybridized carbons (Fsp3) is 0.444. The van der Waals surface area contributed by atoms with Gasteiger partial charge < -0.3 is 10.6 Å². The van der Waals surface area contributed by atoms with Gasteiger partial charge in [-0.2, -0.15) is 0 Å². The Kier molecular flexibility index (Phi) is 7.07. The van der Waals surface area contributed by atoms with Crippen LogP contribution in [-0.2, 0) is 12.8 Å². The minimum Gasteiger partial charge on any atom is -0.356 e. The zero-order chi connectivity index (χ0) is 16.5. The van der Waals surface area contributed by atoms with Crippen LogP contribution in [0.25, 0.3) is 0 Å². The first-order valence-electron chi connectivity index (χ1n) is 8.16. The van der Waals surface area contributed by atoms with Crippen LogP contribution in [-0.4, -0.2) is 31.1 Å². The molecule has 1 atom stereocenters. The summed E-state index contributed by atoms with van der Waals surface area (Å²) >= 11 is 1.80. The van der Waals surface area contributed by atoms with Crippen molar-refractivity contribution in [3.05, 3.63) is 52.0 Å². The fourth-order valence-electron chi connectivity index (χ4n) is 2.28. The molecule has 0 spiro atoms. The van der Waals surface area contributed by atoms with E-state index < -0.39 is 0 Å². The third-order valence-corrected chi connectivity index (χ3v) is 4.95. The molecule has 23 heavy (non-hydrogen) atoms. The fourth-order valence-corrected chi connectivity index (χ4v) is 3.15. The maximum absolute atomic E-state index is 4.44. The summed E-state index contributed by atoms with van der Waals surface area (Å²) in [5, 5.41) is 7.93. The molecule has 0 saturated heterocycles. The number of rotatable bonds is 7. The molecule has 1 unspecified atom stereocenters. The molecule has 2 N–H and O–H groups in total. The van der Waals surface area contributed by atoms with E-state index in [0.717, 1.165) is 31.9 Å². The number of guanidine groups is 1. The number of thiazole rings is 1. The van der Waals surface area contributed by atoms with Gasteiger partial charge in [0, 0.05) is 37.6 Å². The summed E-state index contributed by atoms with van der Waals surface area (Å²) in [6.45, 7) is 6.09. The van der Waals surface area contributed by atoms with Gasteiger partial charge in [0.15, 0.2) is 5.96 Å². The molecule has 2 rings (SSSR count). The molecular formula is C18H26N4S. The number of nitrogens with one attached hydrogen (secondary N) is 2. The third kappa shape index (κ3) is 5.67. The van der Waals surface area contributed by atoms with E-state index in [1.165, 1.54) is 15.4 Å². The highest BCUT2D eigenvalue weighted by Crippen LogP contribution is 2.14. The SMILES string of the molecule is CCc1cnc(CCNC(=NC)NCC(C)c2ccccc2)s1. The van der Waals surface area contributed by atoms with Gasteiger partial charge >= 0.3 is 0 Å². The lowest BCUT2D eigenvalue weighted by Crippen LogP contribution is -2.39. The zero-order valence-corrected chi connectivity index (χ0v) is 15.0. The Bertz CT molecular complexity index is 606. The molecule has 0 bridgehead atoms. The number of aromatic nitrogens is 1. The highest BCUT2D eigenvalue weighted by molar-refractivity contribution is 7.11. The van der Waals surface area contributed by atoms with E-state index in [1.54, 1.807) is 18.4 Å². The Morgan fingerprint density at radius 2 is 2.04 bits per heavy atom. The van der Waals surface area contributed by atoms with Crippen LogP contribution in [0, 0.1) is 0 Å². The van der Waals surface area contributed by atoms with Crippen LogP contribution >= 0.6 is 11.3 Å². The number of hydrogen-bond acceptors (Lipinski definition) is 3. The largest absolute Gasteiger partial charge is 0.356 e. The van der Waals surface area contributed by atoms with Crippen LogP contribution in [0.1, 0.15) is 35.2 Å². The summed E-state index contributed by atoms with van der Waals surface area (Å²) in [6.07, 6.45) is 3.97. The molecule has 0 radical (unpaired) electrons. The molecule has 2 aromatic rings. The van der Waals surface area contributed by atoms with Crippen LogP contribution in [0.3, 0.4) is 0 Å². The second-order valence-corrected chi connectivity index (χ2v) is 6.72. The van der Waals surface area contributed by atoms with Gasteiger partial charge in [-0.05, 0) is 17.9 Å². The average Bonchev–Trinajstić information content (AvgIpc) is 3.06. The Labute approximate surface area is 143 Å². The minimum absolute atomic E-state index is 0.445. The van der Waals surface area contributed by atoms with Crippen molar-refractivity contribution in [3.8, 4) is 0 Å². The van der Waals surface area contributed by atoms with Gasteiger partial charge in [0.1, 0.15) is 0 Å². The molecule has 1 aromatic heterocycles. The molecule has 4 nitrogen and oxygen atoms in total. The van der Waals surface area contributed by atoms with Crippen LogP contribution in [0.2, 0.25) is 0 Å². The summed E-state index contributed by atoms with van der Waals surface area (Å²) in [7, 11) is 1.81. The van der Waals surface area contributed by atoms with Crippen molar-refractivity contribution >= 4 is 17.3 Å². The smallest absolute Gasteiger partial charge is 0.191 e. The van der Waals surface area contributed by atoms with Gasteiger partial charge in [-0.15, -0.1) is 11.3 Å². The number of benzene rings is 1. The molecule has 0 saturated carbocycles. The molecular weight excluding hydrogens is 304 g/mol. The predicted molar refractivity (Wildman–Crippen MR) is 99.4 cm³/mol. The lowest BCUT2D eigenvalue weighted by atomic mass is 10.0. The van der Waals surface area contributed by atoms with Crippen LogP contribution < -0.4 is 10.6 Å². The summed E-state index contributed by atoms with van der Waals surface area (Å²) in [5.74, 6) is 1.29. The van der Waals surface area contributed by atoms with Crippen molar-refractivity contribution in [2.45, 2.75) is 32.6 Å². The van der Waals surface area contributed by atoms with E-state index >= 15 is 0 Å². The minimum atomic E-state index is 0.445. The van der Waals surface area contributed by atoms with Crippen molar-refractivity contribution in [3.63, 3.8) is 0 Å². The van der Waals surface area contributed by atoms with E-state index in [2.05, 4.69) is 58.7 Å². The highest BCUT2D eigenvalue weighted by Gasteiger charge is 2.06. The molecule has 0 amide bonds. The second kappa shape index (κ2) is 9.30. The lowest BCUT2D eigenvalue weighted by Gasteiger charge is -2.16. The van der Waals surface area contributed by atoms with Gasteiger partial charge in [0.05, 0.1) is 5.01 Å². The second-order valence-electron chi connectivity index (χ2n) is 5.52. The average molecular weight is 331 g/mol. The standard InChI is InChI=1S/C18H26N4S/c1-4-16-13-21-17(23-16)10-11-20-18(19-3)22-12-14(2)15-8-6-5-7-9-15/h5-9,13-14H,4,10-12H2,1-3H3,(H2,19,20,22). The topological polar surface area (TPSA) is 49.3 Å². The summed E-state index contributed by atoms with van der Waals surface area (Å²) < 4.78 is 0. The summed E-state index contributed by atoms with van der Waals surface area (Å²) in [4.78, 5) is 10.1. The predicted octanol–water partition coefficient (Wildman–Crippen LogP) is 3.22. The van der Waals surface area contributed by atoms with Gasteiger partial charge in [-0.1, -0.05) is 44.2 Å². The molecule has 124 valence electrons. The van der Waals surface area contributed by atoms with Gasteiger partial charge in [-0.25, -0.2) is 4.98 Å². The zero-order valence-electron chi connectivity index (χ0n) is 14.2. The number of hydrogen-bond donors (Lipinski definition) is 2. The normalized spacial score (nSPS) is 12.9. The Morgan fingerprint density at radius 1 is 1.26 bits per heavy atom. The molecule has 0 aliphatic rings. The third-order valence-electron chi connectivity index (χ3n) is 3.75. The molecule has 1 heterocycles. The van der Waals surface area contributed by atoms with Crippen molar-refractivity contribution < 1.29 is 0 Å². The van der Waals surface area contributed by atoms with Gasteiger partial charge in [0.2, 0.25) is 0 Å². The quantitative estimate of drug-likeness (QED) is 0.605. The van der Waals surface area contributed by atoms with E-state index in [-0.39, 0.29) is 0 Å². The number of nitrogens with zero attached hydrogens (tertiary/aromatic N) is 2. The molecule has 1 aromatic carbocycles. The Balaban J connectivity index is 1.73. The van der Waals surface area contributed by atoms with E-state index in [9.17, 15) is 0 Å². The maximum Gasteiger partial charge on any atom is 0.191 e. The summed E-state index contributed by atoms with van der Waals surface area (Å²) in [5.41, 5.74) is 1.34. The van der Waals surface area contributed by atoms with Crippen molar-refractivity contribution in [1.82, 2.24) is 15.6 Å². The number of aliphatic imine (C=N–C) groups is 1. The first-order valence-corrected chi connectivity index (χ1v) is 8.97. The summed E-state index contributed by atoms with van der Waals surface area (Å²) in [6, 6.07) is 10.5. The molecule has 5 heteroatoms. The van der Waals surface area contributed by atoms with Crippen LogP contribution in [0.15, 0.2) is 41.5 Å². The monoisotopic (exact) mass is 330 g/mol. The Hall–Kier alpha value is -1.88. The van der Waals surface area contributed by atoms with E-state index in [4.69, 9.17) is 0 Å². The van der Waals surface area contributed by atoms with Gasteiger partial charge in [0.25, 0.3) is 0 Å². The molecule has 0 aliphatic heterocycles. The molecule has 0 aliphatic carbocycles. The van der Waals surface area contributed by atoms with E-state index in [1.807, 2.05) is 12.3 Å². The first-order chi connectivity index (χ1) is 11.2.